The van der Waals surface area contributed by atoms with Crippen LogP contribution in [0.5, 0.6) is 0 Å². The molecule has 3 aromatic rings. The van der Waals surface area contributed by atoms with E-state index in [9.17, 15) is 31.1 Å². The number of nitrogens with zero attached hydrogens (tertiary/aromatic N) is 4. The van der Waals surface area contributed by atoms with Crippen LogP contribution in [0.1, 0.15) is 47.4 Å². The van der Waals surface area contributed by atoms with E-state index in [-0.39, 0.29) is 23.7 Å². The molecular weight excluding hydrogens is 488 g/mol. The Hall–Kier alpha value is -3.57. The fourth-order valence-corrected chi connectivity index (χ4v) is 4.28. The van der Waals surface area contributed by atoms with Gasteiger partial charge in [0.25, 0.3) is 5.91 Å². The van der Waals surface area contributed by atoms with Gasteiger partial charge >= 0.3 is 12.4 Å². The summed E-state index contributed by atoms with van der Waals surface area (Å²) in [5.41, 5.74) is -2.09. The van der Waals surface area contributed by atoms with Gasteiger partial charge in [-0.15, -0.1) is 0 Å². The number of halogens is 6. The highest BCUT2D eigenvalue weighted by atomic mass is 19.4. The monoisotopic (exact) mass is 511 g/mol. The van der Waals surface area contributed by atoms with Crippen molar-refractivity contribution in [2.75, 3.05) is 11.9 Å². The Bertz CT molecular complexity index is 1150. The van der Waals surface area contributed by atoms with Gasteiger partial charge in [0.2, 0.25) is 0 Å². The summed E-state index contributed by atoms with van der Waals surface area (Å²) in [5.74, 6) is -0.252. The Kier molecular flexibility index (Phi) is 6.96. The molecule has 192 valence electrons. The first-order valence-electron chi connectivity index (χ1n) is 11.2. The molecule has 2 heterocycles. The van der Waals surface area contributed by atoms with E-state index < -0.39 is 23.7 Å². The number of hydrogen-bond donors (Lipinski definition) is 1. The molecule has 1 aliphatic rings. The maximum atomic E-state index is 13.2. The standard InChI is InChI=1S/C24H23F6N5O/c1-34(19-13-20(23(25,26)27)33-21(14-19)24(28,29)30)17-9-5-16(6-10-17)32-22(36)15-3-7-18(8-4-15)35-12-2-11-31-35/h2-4,7-8,11-14,16-17H,5-6,9-10H2,1H3,(H,32,36). The molecule has 0 saturated heterocycles. The van der Waals surface area contributed by atoms with Crippen molar-refractivity contribution in [3.05, 3.63) is 71.8 Å². The van der Waals surface area contributed by atoms with Crippen molar-refractivity contribution in [2.24, 2.45) is 0 Å². The van der Waals surface area contributed by atoms with E-state index in [2.05, 4.69) is 15.4 Å². The van der Waals surface area contributed by atoms with Crippen molar-refractivity contribution in [1.82, 2.24) is 20.1 Å². The lowest BCUT2D eigenvalue weighted by Crippen LogP contribution is -2.43. The van der Waals surface area contributed by atoms with E-state index >= 15 is 0 Å². The van der Waals surface area contributed by atoms with Crippen LogP contribution in [-0.4, -0.2) is 39.8 Å². The third-order valence-electron chi connectivity index (χ3n) is 6.28. The molecule has 12 heteroatoms. The smallest absolute Gasteiger partial charge is 0.371 e. The van der Waals surface area contributed by atoms with E-state index in [0.29, 0.717) is 43.4 Å². The van der Waals surface area contributed by atoms with E-state index in [4.69, 9.17) is 0 Å². The zero-order valence-corrected chi connectivity index (χ0v) is 19.1. The van der Waals surface area contributed by atoms with Crippen LogP contribution in [0.25, 0.3) is 5.69 Å². The summed E-state index contributed by atoms with van der Waals surface area (Å²) in [4.78, 5) is 16.8. The molecule has 4 rings (SSSR count). The molecule has 36 heavy (non-hydrogen) atoms. The van der Waals surface area contributed by atoms with Crippen molar-refractivity contribution in [3.8, 4) is 5.69 Å². The quantitative estimate of drug-likeness (QED) is 0.461. The highest BCUT2D eigenvalue weighted by Gasteiger charge is 2.39. The maximum absolute atomic E-state index is 13.2. The third kappa shape index (κ3) is 5.80. The van der Waals surface area contributed by atoms with Gasteiger partial charge in [-0.3, -0.25) is 4.79 Å². The minimum absolute atomic E-state index is 0.151. The largest absolute Gasteiger partial charge is 0.433 e. The number of carbonyl (C=O) groups excluding carboxylic acids is 1. The molecule has 1 N–H and O–H groups in total. The van der Waals surface area contributed by atoms with Gasteiger partial charge in [0.1, 0.15) is 11.4 Å². The van der Waals surface area contributed by atoms with Crippen molar-refractivity contribution < 1.29 is 31.1 Å². The number of pyridine rings is 1. The van der Waals surface area contributed by atoms with Crippen molar-refractivity contribution in [3.63, 3.8) is 0 Å². The van der Waals surface area contributed by atoms with Crippen LogP contribution in [0.4, 0.5) is 32.0 Å². The molecule has 1 aliphatic carbocycles. The fraction of sp³-hybridized carbons (Fsp3) is 0.375. The van der Waals surface area contributed by atoms with E-state index in [1.807, 2.05) is 0 Å². The second-order valence-corrected chi connectivity index (χ2v) is 8.68. The maximum Gasteiger partial charge on any atom is 0.433 e. The topological polar surface area (TPSA) is 63.1 Å². The molecule has 0 aliphatic heterocycles. The minimum Gasteiger partial charge on any atom is -0.371 e. The highest BCUT2D eigenvalue weighted by Crippen LogP contribution is 2.37. The normalized spacial score (nSPS) is 18.6. The van der Waals surface area contributed by atoms with Crippen molar-refractivity contribution in [2.45, 2.75) is 50.1 Å². The summed E-state index contributed by atoms with van der Waals surface area (Å²) in [5, 5.41) is 7.09. The molecule has 1 aromatic carbocycles. The summed E-state index contributed by atoms with van der Waals surface area (Å²) >= 11 is 0. The molecule has 2 aromatic heterocycles. The summed E-state index contributed by atoms with van der Waals surface area (Å²) < 4.78 is 80.6. The fourth-order valence-electron chi connectivity index (χ4n) is 4.28. The van der Waals surface area contributed by atoms with E-state index in [1.54, 1.807) is 47.4 Å². The Labute approximate surface area is 202 Å². The van der Waals surface area contributed by atoms with Gasteiger partial charge in [-0.25, -0.2) is 9.67 Å². The van der Waals surface area contributed by atoms with Gasteiger partial charge in [0.05, 0.1) is 5.69 Å². The summed E-state index contributed by atoms with van der Waals surface area (Å²) in [6, 6.07) is 9.54. The highest BCUT2D eigenvalue weighted by molar-refractivity contribution is 5.94. The van der Waals surface area contributed by atoms with Crippen LogP contribution in [0, 0.1) is 0 Å². The van der Waals surface area contributed by atoms with Crippen LogP contribution in [0.15, 0.2) is 54.9 Å². The number of alkyl halides is 6. The van der Waals surface area contributed by atoms with Gasteiger partial charge in [-0.05, 0) is 68.1 Å². The molecule has 0 spiro atoms. The van der Waals surface area contributed by atoms with Gasteiger partial charge in [0.15, 0.2) is 0 Å². The molecule has 0 atom stereocenters. The summed E-state index contributed by atoms with van der Waals surface area (Å²) in [6.07, 6.45) is -4.52. The second kappa shape index (κ2) is 9.82. The lowest BCUT2D eigenvalue weighted by atomic mass is 9.90. The molecule has 1 fully saturated rings. The lowest BCUT2D eigenvalue weighted by Gasteiger charge is -2.36. The predicted molar refractivity (Wildman–Crippen MR) is 120 cm³/mol. The van der Waals surface area contributed by atoms with Crippen LogP contribution in [0.2, 0.25) is 0 Å². The first-order valence-corrected chi connectivity index (χ1v) is 11.2. The average Bonchev–Trinajstić information content (AvgIpc) is 3.38. The Balaban J connectivity index is 1.38. The molecule has 0 bridgehead atoms. The number of benzene rings is 1. The number of anilines is 1. The number of hydrogen-bond acceptors (Lipinski definition) is 4. The number of carbonyl (C=O) groups is 1. The predicted octanol–water partition coefficient (Wildman–Crippen LogP) is 5.48. The van der Waals surface area contributed by atoms with Crippen LogP contribution in [0.3, 0.4) is 0 Å². The Morgan fingerprint density at radius 1 is 0.972 bits per heavy atom. The number of rotatable bonds is 5. The van der Waals surface area contributed by atoms with E-state index in [0.717, 1.165) is 5.69 Å². The van der Waals surface area contributed by atoms with Crippen LogP contribution in [-0.2, 0) is 12.4 Å². The first kappa shape index (κ1) is 25.5. The van der Waals surface area contributed by atoms with E-state index in [1.165, 1.54) is 11.9 Å². The van der Waals surface area contributed by atoms with Crippen LogP contribution < -0.4 is 10.2 Å². The molecule has 0 radical (unpaired) electrons. The SMILES string of the molecule is CN(c1cc(C(F)(F)F)nc(C(F)(F)F)c1)C1CCC(NC(=O)c2ccc(-n3cccn3)cc2)CC1. The summed E-state index contributed by atoms with van der Waals surface area (Å²) in [6.45, 7) is 0. The zero-order chi connectivity index (χ0) is 26.1. The minimum atomic E-state index is -5.00. The molecular formula is C24H23F6N5O. The summed E-state index contributed by atoms with van der Waals surface area (Å²) in [7, 11) is 1.47. The van der Waals surface area contributed by atoms with Crippen LogP contribution >= 0.6 is 0 Å². The molecule has 6 nitrogen and oxygen atoms in total. The molecule has 1 saturated carbocycles. The number of aromatic nitrogens is 3. The second-order valence-electron chi connectivity index (χ2n) is 8.68. The number of amides is 1. The Morgan fingerprint density at radius 3 is 2.06 bits per heavy atom. The Morgan fingerprint density at radius 2 is 1.56 bits per heavy atom. The van der Waals surface area contributed by atoms with Crippen molar-refractivity contribution >= 4 is 11.6 Å². The van der Waals surface area contributed by atoms with Gasteiger partial charge < -0.3 is 10.2 Å². The van der Waals surface area contributed by atoms with Gasteiger partial charge in [0, 0.05) is 42.8 Å². The number of nitrogens with one attached hydrogen (secondary N) is 1. The zero-order valence-electron chi connectivity index (χ0n) is 19.1. The van der Waals surface area contributed by atoms with Gasteiger partial charge in [-0.2, -0.15) is 31.4 Å². The van der Waals surface area contributed by atoms with Crippen molar-refractivity contribution in [1.29, 1.82) is 0 Å². The average molecular weight is 511 g/mol. The molecule has 1 amide bonds. The third-order valence-corrected chi connectivity index (χ3v) is 6.28. The van der Waals surface area contributed by atoms with Gasteiger partial charge in [-0.1, -0.05) is 0 Å². The first-order chi connectivity index (χ1) is 16.9. The molecule has 0 unspecified atom stereocenters. The lowest BCUT2D eigenvalue weighted by molar-refractivity contribution is -0.150.